The quantitative estimate of drug-likeness (QED) is 0.0265. The standard InChI is InChI=1S/C24H33N5O6S.C17H19ClN4O4S.C17H20N4O5S.C7H15NO2.ClH/c1-4-6-21-25-15(3)22-24(32)26-23(27-29(21)22)18-13-17(7-8-20(18)35-5-2)36(33,34)28-11-9-16(10-12-28)19(31)14-30;1-4-6-14-19-10(3)15-17(23)20-16(21-22(14)15)12-9-11(27(18,24)25)7-8-13(12)26-5-2;1-4-6-14-18-10(3)15-17(22)19-16(20-21(14)15)12-9-11(27(23,24)25)7-8-13(12)26-5-2;9-5-7(10)6-1-3-8-4-2-6;/h7-8,13,16,19,30-31H,4-6,9-12,14H2,1-3H3,(H,26,27,32);7-9H,4-6H2,1-3H3,(H,20,21,23);7-9H,4-6H2,1-3H3,(H,19,20,22)(H,23,24,25);6-10H,1-5H2;1H/t19-;;;7-;/m1..1./s1. The van der Waals surface area contributed by atoms with Crippen LogP contribution in [0.15, 0.2) is 83.7 Å². The van der Waals surface area contributed by atoms with E-state index in [1.54, 1.807) is 40.7 Å². The molecule has 9 N–H and O–H groups in total. The molecule has 2 saturated heterocycles. The fraction of sp³-hybridized carbons (Fsp3) is 0.492. The Hall–Kier alpha value is -7.74. The normalized spacial score (nSPS) is 14.6. The van der Waals surface area contributed by atoms with Crippen molar-refractivity contribution in [2.75, 3.05) is 59.2 Å². The van der Waals surface area contributed by atoms with Gasteiger partial charge in [0, 0.05) is 43.0 Å². The largest absolute Gasteiger partial charge is 0.493 e. The fourth-order valence-electron chi connectivity index (χ4n) is 11.8. The minimum atomic E-state index is -4.42. The predicted molar refractivity (Wildman–Crippen MR) is 380 cm³/mol. The number of aliphatic hydroxyl groups excluding tert-OH is 4. The highest BCUT2D eigenvalue weighted by atomic mass is 35.7. The van der Waals surface area contributed by atoms with Gasteiger partial charge >= 0.3 is 0 Å². The topological polar surface area (TPSA) is 436 Å². The van der Waals surface area contributed by atoms with E-state index in [-0.39, 0.29) is 93.5 Å². The average Bonchev–Trinajstić information content (AvgIpc) is 1.71. The minimum absolute atomic E-state index is 0. The summed E-state index contributed by atoms with van der Waals surface area (Å²) in [5.74, 6) is 3.73. The molecule has 2 atom stereocenters. The number of H-pyrrole nitrogens is 3. The van der Waals surface area contributed by atoms with Gasteiger partial charge in [-0.1, -0.05) is 20.8 Å². The summed E-state index contributed by atoms with van der Waals surface area (Å²) in [6.45, 7) is 19.7. The summed E-state index contributed by atoms with van der Waals surface area (Å²) in [6.07, 6.45) is 5.95. The maximum Gasteiger partial charge on any atom is 0.294 e. The van der Waals surface area contributed by atoms with Crippen molar-refractivity contribution in [3.05, 3.63) is 120 Å². The highest BCUT2D eigenvalue weighted by Gasteiger charge is 2.33. The lowest BCUT2D eigenvalue weighted by molar-refractivity contribution is 0.0278. The third-order valence-electron chi connectivity index (χ3n) is 16.7. The van der Waals surface area contributed by atoms with Crippen molar-refractivity contribution < 1.29 is 64.4 Å². The van der Waals surface area contributed by atoms with Crippen LogP contribution in [0, 0.1) is 32.6 Å². The van der Waals surface area contributed by atoms with Crippen LogP contribution in [-0.4, -0.2) is 185 Å². The van der Waals surface area contributed by atoms with Gasteiger partial charge in [-0.25, -0.2) is 45.3 Å². The lowest BCUT2D eigenvalue weighted by Gasteiger charge is -2.33. The van der Waals surface area contributed by atoms with Crippen molar-refractivity contribution in [3.63, 3.8) is 0 Å². The zero-order valence-electron chi connectivity index (χ0n) is 57.6. The maximum atomic E-state index is 13.5. The number of imidazole rings is 3. The molecule has 3 aromatic carbocycles. The molecule has 0 amide bonds. The summed E-state index contributed by atoms with van der Waals surface area (Å²) in [5.41, 5.74) is 2.59. The molecule has 31 nitrogen and oxygen atoms in total. The van der Waals surface area contributed by atoms with E-state index >= 15 is 0 Å². The number of aliphatic hydroxyl groups is 4. The van der Waals surface area contributed by atoms with Gasteiger partial charge in [0.15, 0.2) is 34.0 Å². The summed E-state index contributed by atoms with van der Waals surface area (Å²) in [6, 6.07) is 12.6. The van der Waals surface area contributed by atoms with Crippen LogP contribution >= 0.6 is 23.1 Å². The van der Waals surface area contributed by atoms with Crippen LogP contribution in [0.4, 0.5) is 0 Å². The van der Waals surface area contributed by atoms with E-state index in [2.05, 4.69) is 50.5 Å². The van der Waals surface area contributed by atoms with Gasteiger partial charge in [-0.15, -0.1) is 27.7 Å². The Morgan fingerprint density at radius 1 is 0.525 bits per heavy atom. The number of halogens is 2. The number of aryl methyl sites for hydroxylation is 6. The molecule has 552 valence electrons. The number of nitrogens with zero attached hydrogens (tertiary/aromatic N) is 10. The smallest absolute Gasteiger partial charge is 0.294 e. The van der Waals surface area contributed by atoms with Crippen LogP contribution in [-0.2, 0) is 48.5 Å². The Balaban J connectivity index is 0.000000200. The number of ether oxygens (including phenoxy) is 3. The first kappa shape index (κ1) is 80.6. The number of piperidine rings is 2. The van der Waals surface area contributed by atoms with E-state index in [1.807, 2.05) is 27.7 Å². The Bertz CT molecular complexity index is 4710. The van der Waals surface area contributed by atoms with Crippen LogP contribution in [0.25, 0.3) is 50.7 Å². The number of hydrogen-bond donors (Lipinski definition) is 9. The van der Waals surface area contributed by atoms with Crippen LogP contribution in [0.3, 0.4) is 0 Å². The second-order valence-corrected chi connectivity index (χ2v) is 29.7. The first-order chi connectivity index (χ1) is 47.6. The van der Waals surface area contributed by atoms with Crippen molar-refractivity contribution in [1.82, 2.24) is 68.4 Å². The van der Waals surface area contributed by atoms with Crippen molar-refractivity contribution >= 4 is 68.8 Å². The molecule has 2 aliphatic heterocycles. The number of benzene rings is 3. The van der Waals surface area contributed by atoms with Crippen LogP contribution in [0.2, 0.25) is 0 Å². The number of hydrogen-bond acceptors (Lipinski definition) is 23. The molecule has 2 fully saturated rings. The molecule has 36 heteroatoms. The molecular weight excluding hydrogens is 1420 g/mol. The van der Waals surface area contributed by atoms with Gasteiger partial charge in [0.05, 0.1) is 93.7 Å². The number of rotatable bonds is 23. The highest BCUT2D eigenvalue weighted by Crippen LogP contribution is 2.35. The lowest BCUT2D eigenvalue weighted by atomic mass is 9.93. The second kappa shape index (κ2) is 35.4. The number of sulfonamides is 1. The number of aromatic nitrogens is 12. The zero-order chi connectivity index (χ0) is 73.0. The molecule has 0 bridgehead atoms. The first-order valence-electron chi connectivity index (χ1n) is 33.0. The molecule has 0 saturated carbocycles. The fourth-order valence-corrected chi connectivity index (χ4v) is 14.6. The van der Waals surface area contributed by atoms with E-state index < -0.39 is 47.0 Å². The molecule has 0 aliphatic carbocycles. The van der Waals surface area contributed by atoms with E-state index in [9.17, 15) is 59.5 Å². The summed E-state index contributed by atoms with van der Waals surface area (Å²) < 4.78 is 106. The highest BCUT2D eigenvalue weighted by molar-refractivity contribution is 8.13. The van der Waals surface area contributed by atoms with Crippen molar-refractivity contribution in [3.8, 4) is 51.4 Å². The van der Waals surface area contributed by atoms with Gasteiger partial charge in [-0.3, -0.25) is 18.9 Å². The van der Waals surface area contributed by atoms with Gasteiger partial charge in [-0.05, 0) is 166 Å². The lowest BCUT2D eigenvalue weighted by Crippen LogP contribution is -2.41. The number of nitrogens with one attached hydrogen (secondary N) is 4. The Morgan fingerprint density at radius 3 is 1.18 bits per heavy atom. The molecule has 101 heavy (non-hydrogen) atoms. The molecule has 2 aliphatic rings. The van der Waals surface area contributed by atoms with Crippen LogP contribution < -0.4 is 36.2 Å². The average molecular weight is 1500 g/mol. The summed E-state index contributed by atoms with van der Waals surface area (Å²) in [5, 5.41) is 53.7. The monoisotopic (exact) mass is 1500 g/mol. The van der Waals surface area contributed by atoms with Gasteiger partial charge in [0.1, 0.15) is 34.7 Å². The van der Waals surface area contributed by atoms with Crippen molar-refractivity contribution in [2.45, 2.75) is 153 Å². The van der Waals surface area contributed by atoms with Crippen molar-refractivity contribution in [2.24, 2.45) is 11.8 Å². The van der Waals surface area contributed by atoms with Crippen LogP contribution in [0.1, 0.15) is 121 Å². The minimum Gasteiger partial charge on any atom is -0.493 e. The Labute approximate surface area is 594 Å². The maximum absolute atomic E-state index is 13.5. The molecular formula is C65H88Cl2N14O17S3. The third kappa shape index (κ3) is 18.9. The van der Waals surface area contributed by atoms with Crippen molar-refractivity contribution in [1.29, 1.82) is 0 Å². The molecule has 9 aromatic rings. The van der Waals surface area contributed by atoms with Crippen LogP contribution in [0.5, 0.6) is 17.2 Å². The zero-order valence-corrected chi connectivity index (χ0v) is 61.6. The Kier molecular flexibility index (Phi) is 28.3. The molecule has 0 unspecified atom stereocenters. The van der Waals surface area contributed by atoms with Gasteiger partial charge in [-0.2, -0.15) is 12.7 Å². The summed E-state index contributed by atoms with van der Waals surface area (Å²) in [4.78, 5) is 59.2. The Morgan fingerprint density at radius 2 is 0.851 bits per heavy atom. The second-order valence-electron chi connectivity index (χ2n) is 23.8. The molecule has 0 radical (unpaired) electrons. The predicted octanol–water partition coefficient (Wildman–Crippen LogP) is 5.92. The van der Waals surface area contributed by atoms with Gasteiger partial charge < -0.3 is 54.9 Å². The first-order valence-corrected chi connectivity index (χ1v) is 38.2. The molecule has 0 spiro atoms. The van der Waals surface area contributed by atoms with E-state index in [4.69, 9.17) is 30.0 Å². The SMILES string of the molecule is CCCc1nc(C)c2c(=O)[nH]c(-c3cc(S(=O)(=O)Cl)ccc3OCC)nn12.CCCc1nc(C)c2c(=O)[nH]c(-c3cc(S(=O)(=O)N4CCC([C@H](O)CO)CC4)ccc3OCC)nn12.CCCc1nc(C)c2c(=O)[nH]c(-c3cc(S(=O)(=O)O)ccc3OCC)nn12.Cl.OC[C@@H](O)C1CCNCC1. The van der Waals surface area contributed by atoms with E-state index in [1.165, 1.54) is 66.4 Å². The number of fused-ring (bicyclic) bond motifs is 3. The molecule has 6 aromatic heterocycles. The molecule has 11 rings (SSSR count). The summed E-state index contributed by atoms with van der Waals surface area (Å²) >= 11 is 0. The van der Waals surface area contributed by atoms with E-state index in [0.29, 0.717) is 137 Å². The van der Waals surface area contributed by atoms with Gasteiger partial charge in [0.2, 0.25) is 10.0 Å². The third-order valence-corrected chi connectivity index (χ3v) is 20.8. The molecule has 8 heterocycles. The van der Waals surface area contributed by atoms with Gasteiger partial charge in [0.25, 0.3) is 35.8 Å². The van der Waals surface area contributed by atoms with E-state index in [0.717, 1.165) is 45.2 Å². The number of aromatic amines is 3. The summed E-state index contributed by atoms with van der Waals surface area (Å²) in [7, 11) is -6.76.